The van der Waals surface area contributed by atoms with Gasteiger partial charge in [-0.2, -0.15) is 8.42 Å². The topological polar surface area (TPSA) is 52.6 Å². The standard InChI is InChI=1S/C8H6Cl3FO4S/c9-8(10,11)5-15-17(13,14)16-7-3-1-6(12)2-4-7/h1-4H,5H2. The summed E-state index contributed by atoms with van der Waals surface area (Å²) < 4.78 is 41.8. The highest BCUT2D eigenvalue weighted by molar-refractivity contribution is 7.82. The number of alkyl halides is 3. The first-order chi connectivity index (χ1) is 7.68. The van der Waals surface area contributed by atoms with Crippen molar-refractivity contribution < 1.29 is 21.2 Å². The summed E-state index contributed by atoms with van der Waals surface area (Å²) in [6.07, 6.45) is 0. The first-order valence-corrected chi connectivity index (χ1v) is 6.56. The minimum absolute atomic E-state index is 0.115. The van der Waals surface area contributed by atoms with Crippen LogP contribution in [-0.2, 0) is 14.6 Å². The van der Waals surface area contributed by atoms with Crippen LogP contribution in [0.2, 0.25) is 0 Å². The van der Waals surface area contributed by atoms with Crippen LogP contribution in [0.1, 0.15) is 0 Å². The van der Waals surface area contributed by atoms with Crippen LogP contribution in [0.3, 0.4) is 0 Å². The first-order valence-electron chi connectivity index (χ1n) is 4.09. The molecule has 0 aliphatic rings. The maximum atomic E-state index is 12.5. The Hall–Kier alpha value is -0.270. The third-order valence-corrected chi connectivity index (χ3v) is 2.51. The van der Waals surface area contributed by atoms with E-state index in [1.54, 1.807) is 0 Å². The molecule has 0 saturated heterocycles. The molecule has 0 aromatic heterocycles. The molecule has 0 bridgehead atoms. The lowest BCUT2D eigenvalue weighted by atomic mass is 10.3. The Morgan fingerprint density at radius 3 is 2.18 bits per heavy atom. The maximum absolute atomic E-state index is 12.5. The lowest BCUT2D eigenvalue weighted by Gasteiger charge is -2.11. The fourth-order valence-electron chi connectivity index (χ4n) is 0.771. The molecule has 0 aliphatic heterocycles. The van der Waals surface area contributed by atoms with Crippen molar-refractivity contribution in [2.45, 2.75) is 3.79 Å². The van der Waals surface area contributed by atoms with E-state index in [-0.39, 0.29) is 5.75 Å². The van der Waals surface area contributed by atoms with Crippen molar-refractivity contribution in [3.05, 3.63) is 30.1 Å². The second-order valence-corrected chi connectivity index (χ2v) is 6.56. The Morgan fingerprint density at radius 2 is 1.71 bits per heavy atom. The number of halogens is 4. The molecular formula is C8H6Cl3FO4S. The quantitative estimate of drug-likeness (QED) is 0.800. The van der Waals surface area contributed by atoms with Gasteiger partial charge in [0.1, 0.15) is 18.2 Å². The van der Waals surface area contributed by atoms with Gasteiger partial charge in [-0.3, -0.25) is 0 Å². The van der Waals surface area contributed by atoms with Crippen molar-refractivity contribution in [1.29, 1.82) is 0 Å². The van der Waals surface area contributed by atoms with E-state index >= 15 is 0 Å². The highest BCUT2D eigenvalue weighted by Gasteiger charge is 2.25. The normalized spacial score (nSPS) is 12.5. The summed E-state index contributed by atoms with van der Waals surface area (Å²) in [5.74, 6) is -0.646. The van der Waals surface area contributed by atoms with Crippen molar-refractivity contribution in [3.63, 3.8) is 0 Å². The van der Waals surface area contributed by atoms with Crippen molar-refractivity contribution in [3.8, 4) is 5.75 Å². The number of hydrogen-bond donors (Lipinski definition) is 0. The fourth-order valence-corrected chi connectivity index (χ4v) is 1.84. The van der Waals surface area contributed by atoms with Crippen molar-refractivity contribution in [2.75, 3.05) is 6.61 Å². The Kier molecular flexibility index (Phi) is 4.86. The highest BCUT2D eigenvalue weighted by Crippen LogP contribution is 2.27. The van der Waals surface area contributed by atoms with Crippen LogP contribution in [0, 0.1) is 5.82 Å². The van der Waals surface area contributed by atoms with E-state index in [9.17, 15) is 12.8 Å². The van der Waals surface area contributed by atoms with Crippen molar-refractivity contribution in [2.24, 2.45) is 0 Å². The molecule has 0 radical (unpaired) electrons. The summed E-state index contributed by atoms with van der Waals surface area (Å²) in [5.41, 5.74) is 0. The van der Waals surface area contributed by atoms with Crippen LogP contribution in [-0.4, -0.2) is 18.8 Å². The second kappa shape index (κ2) is 5.58. The van der Waals surface area contributed by atoms with Gasteiger partial charge in [-0.25, -0.2) is 8.57 Å². The molecule has 0 saturated carbocycles. The molecule has 0 heterocycles. The zero-order valence-corrected chi connectivity index (χ0v) is 11.2. The third-order valence-electron chi connectivity index (χ3n) is 1.38. The van der Waals surface area contributed by atoms with Crippen LogP contribution in [0.25, 0.3) is 0 Å². The fraction of sp³-hybridized carbons (Fsp3) is 0.250. The van der Waals surface area contributed by atoms with Crippen LogP contribution < -0.4 is 4.18 Å². The molecule has 0 atom stereocenters. The van der Waals surface area contributed by atoms with E-state index in [4.69, 9.17) is 34.8 Å². The van der Waals surface area contributed by atoms with Gasteiger partial charge in [0.2, 0.25) is 3.79 Å². The molecule has 17 heavy (non-hydrogen) atoms. The summed E-state index contributed by atoms with van der Waals surface area (Å²) in [6, 6.07) is 4.29. The van der Waals surface area contributed by atoms with Gasteiger partial charge in [0.15, 0.2) is 0 Å². The number of hydrogen-bond acceptors (Lipinski definition) is 4. The van der Waals surface area contributed by atoms with E-state index in [0.717, 1.165) is 24.3 Å². The van der Waals surface area contributed by atoms with Crippen LogP contribution in [0.5, 0.6) is 5.75 Å². The predicted octanol–water partition coefficient (Wildman–Crippen LogP) is 2.84. The van der Waals surface area contributed by atoms with Gasteiger partial charge in [0.25, 0.3) is 0 Å². The zero-order valence-electron chi connectivity index (χ0n) is 8.07. The molecule has 0 N–H and O–H groups in total. The molecule has 1 aromatic rings. The Morgan fingerprint density at radius 1 is 1.18 bits per heavy atom. The molecule has 9 heteroatoms. The zero-order chi connectivity index (χ0) is 13.1. The van der Waals surface area contributed by atoms with Gasteiger partial charge in [0.05, 0.1) is 0 Å². The van der Waals surface area contributed by atoms with E-state index in [2.05, 4.69) is 8.37 Å². The molecule has 0 unspecified atom stereocenters. The van der Waals surface area contributed by atoms with Gasteiger partial charge in [-0.1, -0.05) is 34.8 Å². The smallest absolute Gasteiger partial charge is 0.362 e. The molecular weight excluding hydrogens is 318 g/mol. The van der Waals surface area contributed by atoms with Gasteiger partial charge in [-0.15, -0.1) is 0 Å². The van der Waals surface area contributed by atoms with E-state index in [1.807, 2.05) is 0 Å². The van der Waals surface area contributed by atoms with Gasteiger partial charge < -0.3 is 4.18 Å². The molecule has 96 valence electrons. The Balaban J connectivity index is 2.64. The average Bonchev–Trinajstić information content (AvgIpc) is 2.18. The lowest BCUT2D eigenvalue weighted by Crippen LogP contribution is -2.21. The van der Waals surface area contributed by atoms with Gasteiger partial charge >= 0.3 is 10.4 Å². The van der Waals surface area contributed by atoms with Crippen molar-refractivity contribution >= 4 is 45.2 Å². The van der Waals surface area contributed by atoms with Crippen LogP contribution in [0.15, 0.2) is 24.3 Å². The van der Waals surface area contributed by atoms with Gasteiger partial charge in [-0.05, 0) is 24.3 Å². The third kappa shape index (κ3) is 6.28. The molecule has 0 spiro atoms. The largest absolute Gasteiger partial charge is 0.449 e. The SMILES string of the molecule is O=S(=O)(OCC(Cl)(Cl)Cl)Oc1ccc(F)cc1. The summed E-state index contributed by atoms with van der Waals surface area (Å²) in [5, 5.41) is 0. The summed E-state index contributed by atoms with van der Waals surface area (Å²) in [7, 11) is -4.36. The Labute approximate surface area is 113 Å². The minimum Gasteiger partial charge on any atom is -0.362 e. The summed E-state index contributed by atoms with van der Waals surface area (Å²) in [6.45, 7) is -0.693. The van der Waals surface area contributed by atoms with Crippen LogP contribution >= 0.6 is 34.8 Å². The highest BCUT2D eigenvalue weighted by atomic mass is 35.6. The average molecular weight is 324 g/mol. The molecule has 4 nitrogen and oxygen atoms in total. The Bertz CT molecular complexity index is 469. The molecule has 1 aromatic carbocycles. The monoisotopic (exact) mass is 322 g/mol. The lowest BCUT2D eigenvalue weighted by molar-refractivity contribution is 0.278. The second-order valence-electron chi connectivity index (χ2n) is 2.82. The first kappa shape index (κ1) is 14.8. The maximum Gasteiger partial charge on any atom is 0.449 e. The molecule has 1 rings (SSSR count). The summed E-state index contributed by atoms with van der Waals surface area (Å²) >= 11 is 15.9. The van der Waals surface area contributed by atoms with Gasteiger partial charge in [0, 0.05) is 0 Å². The molecule has 0 fully saturated rings. The molecule has 0 amide bonds. The number of rotatable bonds is 4. The number of benzene rings is 1. The van der Waals surface area contributed by atoms with E-state index in [1.165, 1.54) is 0 Å². The van der Waals surface area contributed by atoms with E-state index < -0.39 is 26.6 Å². The van der Waals surface area contributed by atoms with E-state index in [0.29, 0.717) is 0 Å². The van der Waals surface area contributed by atoms with Crippen molar-refractivity contribution in [1.82, 2.24) is 0 Å². The predicted molar refractivity (Wildman–Crippen MR) is 62.2 cm³/mol. The summed E-state index contributed by atoms with van der Waals surface area (Å²) in [4.78, 5) is 0. The molecule has 0 aliphatic carbocycles. The van der Waals surface area contributed by atoms with Crippen LogP contribution in [0.4, 0.5) is 4.39 Å². The minimum atomic E-state index is -4.36.